The van der Waals surface area contributed by atoms with Gasteiger partial charge in [0, 0.05) is 30.7 Å². The Morgan fingerprint density at radius 2 is 2.33 bits per heavy atom. The SMILES string of the molecule is CC1CCN(C=Nc2cc(Cl)ccc2O)CCN1. The van der Waals surface area contributed by atoms with Crippen molar-refractivity contribution >= 4 is 23.6 Å². The molecule has 5 heteroatoms. The molecule has 1 heterocycles. The molecule has 0 bridgehead atoms. The number of aromatic hydroxyl groups is 1. The summed E-state index contributed by atoms with van der Waals surface area (Å²) in [5, 5.41) is 13.7. The standard InChI is InChI=1S/C13H18ClN3O/c1-10-4-6-17(7-5-15-10)9-16-12-8-11(14)2-3-13(12)18/h2-3,8-10,15,18H,4-7H2,1H3. The molecule has 1 aromatic rings. The van der Waals surface area contributed by atoms with Gasteiger partial charge in [-0.1, -0.05) is 11.6 Å². The van der Waals surface area contributed by atoms with E-state index in [2.05, 4.69) is 22.1 Å². The topological polar surface area (TPSA) is 47.9 Å². The number of halogens is 1. The molecule has 1 saturated heterocycles. The van der Waals surface area contributed by atoms with Gasteiger partial charge in [0.1, 0.15) is 11.4 Å². The maximum absolute atomic E-state index is 9.66. The fourth-order valence-corrected chi connectivity index (χ4v) is 2.05. The number of phenols is 1. The largest absolute Gasteiger partial charge is 0.506 e. The van der Waals surface area contributed by atoms with Crippen LogP contribution in [-0.4, -0.2) is 42.0 Å². The first kappa shape index (κ1) is 13.2. The van der Waals surface area contributed by atoms with Gasteiger partial charge >= 0.3 is 0 Å². The van der Waals surface area contributed by atoms with E-state index in [0.717, 1.165) is 26.1 Å². The average Bonchev–Trinajstić information content (AvgIpc) is 2.55. The molecule has 1 aromatic carbocycles. The lowest BCUT2D eigenvalue weighted by atomic mass is 10.2. The quantitative estimate of drug-likeness (QED) is 0.639. The summed E-state index contributed by atoms with van der Waals surface area (Å²) in [5.41, 5.74) is 0.507. The van der Waals surface area contributed by atoms with E-state index in [0.29, 0.717) is 16.8 Å². The fourth-order valence-electron chi connectivity index (χ4n) is 1.89. The number of rotatable bonds is 2. The number of nitrogens with zero attached hydrogens (tertiary/aromatic N) is 2. The summed E-state index contributed by atoms with van der Waals surface area (Å²) in [5.74, 6) is 0.150. The van der Waals surface area contributed by atoms with Crippen LogP contribution >= 0.6 is 11.6 Å². The van der Waals surface area contributed by atoms with Crippen LogP contribution in [-0.2, 0) is 0 Å². The highest BCUT2D eigenvalue weighted by Gasteiger charge is 2.10. The van der Waals surface area contributed by atoms with Crippen molar-refractivity contribution < 1.29 is 5.11 Å². The molecule has 18 heavy (non-hydrogen) atoms. The Labute approximate surface area is 112 Å². The van der Waals surface area contributed by atoms with E-state index in [4.69, 9.17) is 11.6 Å². The van der Waals surface area contributed by atoms with Crippen LogP contribution in [0, 0.1) is 0 Å². The highest BCUT2D eigenvalue weighted by atomic mass is 35.5. The summed E-state index contributed by atoms with van der Waals surface area (Å²) in [6, 6.07) is 5.41. The van der Waals surface area contributed by atoms with E-state index in [-0.39, 0.29) is 5.75 Å². The van der Waals surface area contributed by atoms with Crippen molar-refractivity contribution in [2.24, 2.45) is 4.99 Å². The molecule has 0 aromatic heterocycles. The van der Waals surface area contributed by atoms with Crippen molar-refractivity contribution in [3.8, 4) is 5.75 Å². The predicted octanol–water partition coefficient (Wildman–Crippen LogP) is 2.39. The third-order valence-electron chi connectivity index (χ3n) is 3.04. The van der Waals surface area contributed by atoms with Gasteiger partial charge in [-0.3, -0.25) is 0 Å². The fraction of sp³-hybridized carbons (Fsp3) is 0.462. The van der Waals surface area contributed by atoms with Gasteiger partial charge in [-0.05, 0) is 31.5 Å². The van der Waals surface area contributed by atoms with Crippen molar-refractivity contribution in [3.05, 3.63) is 23.2 Å². The second-order valence-corrected chi connectivity index (χ2v) is 4.99. The van der Waals surface area contributed by atoms with E-state index in [1.165, 1.54) is 0 Å². The highest BCUT2D eigenvalue weighted by Crippen LogP contribution is 2.28. The molecule has 0 amide bonds. The van der Waals surface area contributed by atoms with Crippen LogP contribution in [0.5, 0.6) is 5.75 Å². The molecule has 1 fully saturated rings. The minimum atomic E-state index is 0.150. The van der Waals surface area contributed by atoms with E-state index in [9.17, 15) is 5.11 Å². The third-order valence-corrected chi connectivity index (χ3v) is 3.27. The summed E-state index contributed by atoms with van der Waals surface area (Å²) in [4.78, 5) is 6.45. The number of phenolic OH excluding ortho intramolecular Hbond substituents is 1. The monoisotopic (exact) mass is 267 g/mol. The average molecular weight is 268 g/mol. The van der Waals surface area contributed by atoms with Crippen molar-refractivity contribution in [3.63, 3.8) is 0 Å². The summed E-state index contributed by atoms with van der Waals surface area (Å²) in [7, 11) is 0. The maximum atomic E-state index is 9.66. The number of nitrogens with one attached hydrogen (secondary N) is 1. The highest BCUT2D eigenvalue weighted by molar-refractivity contribution is 6.30. The van der Waals surface area contributed by atoms with Gasteiger partial charge in [0.15, 0.2) is 0 Å². The maximum Gasteiger partial charge on any atom is 0.141 e. The molecule has 0 radical (unpaired) electrons. The predicted molar refractivity (Wildman–Crippen MR) is 74.9 cm³/mol. The van der Waals surface area contributed by atoms with E-state index in [1.807, 2.05) is 0 Å². The molecule has 1 aliphatic rings. The van der Waals surface area contributed by atoms with Crippen LogP contribution in [0.3, 0.4) is 0 Å². The van der Waals surface area contributed by atoms with Gasteiger partial charge in [0.25, 0.3) is 0 Å². The van der Waals surface area contributed by atoms with Crippen LogP contribution in [0.2, 0.25) is 5.02 Å². The normalized spacial score (nSPS) is 21.2. The van der Waals surface area contributed by atoms with Crippen molar-refractivity contribution in [2.75, 3.05) is 19.6 Å². The minimum absolute atomic E-state index is 0.150. The molecule has 1 atom stereocenters. The molecule has 2 rings (SSSR count). The molecule has 98 valence electrons. The molecule has 2 N–H and O–H groups in total. The Kier molecular flexibility index (Phi) is 4.44. The van der Waals surface area contributed by atoms with Gasteiger partial charge in [-0.15, -0.1) is 0 Å². The Bertz CT molecular complexity index is 436. The van der Waals surface area contributed by atoms with Crippen molar-refractivity contribution in [2.45, 2.75) is 19.4 Å². The minimum Gasteiger partial charge on any atom is -0.506 e. The van der Waals surface area contributed by atoms with Crippen molar-refractivity contribution in [1.82, 2.24) is 10.2 Å². The van der Waals surface area contributed by atoms with E-state index < -0.39 is 0 Å². The van der Waals surface area contributed by atoms with Crippen LogP contribution in [0.4, 0.5) is 5.69 Å². The lowest BCUT2D eigenvalue weighted by Crippen LogP contribution is -2.28. The van der Waals surface area contributed by atoms with Gasteiger partial charge in [-0.2, -0.15) is 0 Å². The summed E-state index contributed by atoms with van der Waals surface area (Å²) >= 11 is 5.87. The molecular formula is C13H18ClN3O. The Morgan fingerprint density at radius 1 is 1.50 bits per heavy atom. The molecule has 1 unspecified atom stereocenters. The number of aliphatic imine (C=N–C) groups is 1. The third kappa shape index (κ3) is 3.62. The zero-order valence-corrected chi connectivity index (χ0v) is 11.2. The van der Waals surface area contributed by atoms with E-state index in [1.54, 1.807) is 24.5 Å². The molecule has 0 aliphatic carbocycles. The van der Waals surface area contributed by atoms with E-state index >= 15 is 0 Å². The smallest absolute Gasteiger partial charge is 0.141 e. The van der Waals surface area contributed by atoms with Crippen LogP contribution in [0.15, 0.2) is 23.2 Å². The first-order chi connectivity index (χ1) is 8.65. The molecular weight excluding hydrogens is 250 g/mol. The van der Waals surface area contributed by atoms with Crippen LogP contribution in [0.25, 0.3) is 0 Å². The summed E-state index contributed by atoms with van der Waals surface area (Å²) in [6.45, 7) is 5.03. The van der Waals surface area contributed by atoms with Crippen LogP contribution in [0.1, 0.15) is 13.3 Å². The summed E-state index contributed by atoms with van der Waals surface area (Å²) < 4.78 is 0. The lowest BCUT2D eigenvalue weighted by Gasteiger charge is -2.15. The number of hydrogen-bond acceptors (Lipinski definition) is 3. The Morgan fingerprint density at radius 3 is 3.17 bits per heavy atom. The van der Waals surface area contributed by atoms with Crippen molar-refractivity contribution in [1.29, 1.82) is 0 Å². The lowest BCUT2D eigenvalue weighted by molar-refractivity contribution is 0.453. The molecule has 0 spiro atoms. The Balaban J connectivity index is 2.03. The van der Waals surface area contributed by atoms with Crippen LogP contribution < -0.4 is 5.32 Å². The molecule has 0 saturated carbocycles. The second-order valence-electron chi connectivity index (χ2n) is 4.56. The number of benzene rings is 1. The second kappa shape index (κ2) is 6.07. The van der Waals surface area contributed by atoms with Gasteiger partial charge in [0.2, 0.25) is 0 Å². The van der Waals surface area contributed by atoms with Gasteiger partial charge in [-0.25, -0.2) is 4.99 Å². The van der Waals surface area contributed by atoms with Gasteiger partial charge in [0.05, 0.1) is 6.34 Å². The van der Waals surface area contributed by atoms with Gasteiger partial charge < -0.3 is 15.3 Å². The Hall–Kier alpha value is -1.26. The summed E-state index contributed by atoms with van der Waals surface area (Å²) in [6.07, 6.45) is 2.87. The zero-order valence-electron chi connectivity index (χ0n) is 10.4. The molecule has 1 aliphatic heterocycles. The zero-order chi connectivity index (χ0) is 13.0. The first-order valence-corrected chi connectivity index (χ1v) is 6.53. The number of hydrogen-bond donors (Lipinski definition) is 2. The first-order valence-electron chi connectivity index (χ1n) is 6.15. The molecule has 4 nitrogen and oxygen atoms in total.